The molecule has 2 N–H and O–H groups in total. The fraction of sp³-hybridized carbons (Fsp3) is 0.0400. The second-order valence-electron chi connectivity index (χ2n) is 13.6. The second-order valence-corrected chi connectivity index (χ2v) is 13.6. The molecule has 262 valence electrons. The van der Waals surface area contributed by atoms with E-state index in [2.05, 4.69) is 133 Å². The van der Waals surface area contributed by atoms with Gasteiger partial charge in [0.15, 0.2) is 17.5 Å². The molecular weight excluding hydrogens is 671 g/mol. The molecule has 55 heavy (non-hydrogen) atoms. The zero-order valence-electron chi connectivity index (χ0n) is 30.2. The molecule has 0 fully saturated rings. The first-order chi connectivity index (χ1) is 27.2. The highest BCUT2D eigenvalue weighted by molar-refractivity contribution is 6.21. The molecule has 2 heterocycles. The van der Waals surface area contributed by atoms with E-state index < -0.39 is 0 Å². The van der Waals surface area contributed by atoms with E-state index >= 15 is 0 Å². The molecule has 0 atom stereocenters. The van der Waals surface area contributed by atoms with E-state index in [4.69, 9.17) is 20.4 Å². The van der Waals surface area contributed by atoms with Crippen LogP contribution in [0.25, 0.3) is 62.0 Å². The number of allylic oxidation sites excluding steroid dienone is 5. The highest BCUT2D eigenvalue weighted by Crippen LogP contribution is 2.42. The molecule has 1 aromatic heterocycles. The normalized spacial score (nSPS) is 14.4. The second kappa shape index (κ2) is 15.0. The van der Waals surface area contributed by atoms with Gasteiger partial charge in [0.05, 0.1) is 11.4 Å². The van der Waals surface area contributed by atoms with E-state index in [0.29, 0.717) is 17.5 Å². The van der Waals surface area contributed by atoms with Crippen LogP contribution in [0.3, 0.4) is 0 Å². The summed E-state index contributed by atoms with van der Waals surface area (Å²) in [6.45, 7) is 0. The van der Waals surface area contributed by atoms with Crippen LogP contribution in [0.2, 0.25) is 0 Å². The summed E-state index contributed by atoms with van der Waals surface area (Å²) in [5.41, 5.74) is 14.4. The first-order valence-corrected chi connectivity index (χ1v) is 18.6. The molecule has 0 radical (unpaired) electrons. The molecule has 2 aliphatic rings. The van der Waals surface area contributed by atoms with Gasteiger partial charge in [0.2, 0.25) is 0 Å². The number of rotatable bonds is 8. The summed E-state index contributed by atoms with van der Waals surface area (Å²) >= 11 is 0. The molecule has 1 aliphatic carbocycles. The van der Waals surface area contributed by atoms with Crippen molar-refractivity contribution in [1.29, 1.82) is 5.41 Å². The Hall–Kier alpha value is -7.24. The molecule has 9 rings (SSSR count). The van der Waals surface area contributed by atoms with Gasteiger partial charge in [-0.05, 0) is 46.2 Å². The number of hydrogen-bond donors (Lipinski definition) is 2. The minimum atomic E-state index is 0.654. The van der Waals surface area contributed by atoms with E-state index in [1.807, 2.05) is 54.6 Å². The van der Waals surface area contributed by atoms with Crippen molar-refractivity contribution in [2.75, 3.05) is 0 Å². The third-order valence-corrected chi connectivity index (χ3v) is 10.1. The molecule has 6 aromatic carbocycles. The van der Waals surface area contributed by atoms with Gasteiger partial charge in [0, 0.05) is 39.6 Å². The summed E-state index contributed by atoms with van der Waals surface area (Å²) in [7, 11) is 0. The quantitative estimate of drug-likeness (QED) is 0.154. The summed E-state index contributed by atoms with van der Waals surface area (Å²) in [5.74, 6) is 2.01. The van der Waals surface area contributed by atoms with Crippen molar-refractivity contribution >= 4 is 34.3 Å². The molecule has 7 aromatic rings. The van der Waals surface area contributed by atoms with Crippen LogP contribution in [-0.2, 0) is 0 Å². The summed E-state index contributed by atoms with van der Waals surface area (Å²) in [6.07, 6.45) is 9.96. The Balaban J connectivity index is 1.09. The Kier molecular flexibility index (Phi) is 9.17. The number of nitrogens with zero attached hydrogens (tertiary/aromatic N) is 3. The highest BCUT2D eigenvalue weighted by atomic mass is 15.0. The summed E-state index contributed by atoms with van der Waals surface area (Å²) in [5, 5.41) is 12.3. The monoisotopic (exact) mass is 707 g/mol. The summed E-state index contributed by atoms with van der Waals surface area (Å²) in [6, 6.07) is 56.4. The van der Waals surface area contributed by atoms with Crippen LogP contribution >= 0.6 is 0 Å². The van der Waals surface area contributed by atoms with Crippen molar-refractivity contribution in [3.63, 3.8) is 0 Å². The van der Waals surface area contributed by atoms with Crippen LogP contribution in [0, 0.1) is 5.41 Å². The van der Waals surface area contributed by atoms with Crippen LogP contribution in [-0.4, -0.2) is 21.2 Å². The Morgan fingerprint density at radius 1 is 0.491 bits per heavy atom. The van der Waals surface area contributed by atoms with Crippen LogP contribution in [0.5, 0.6) is 0 Å². The Morgan fingerprint density at radius 3 is 1.60 bits per heavy atom. The van der Waals surface area contributed by atoms with Crippen molar-refractivity contribution in [3.8, 4) is 33.9 Å². The smallest absolute Gasteiger partial charge is 0.164 e. The minimum absolute atomic E-state index is 0.654. The summed E-state index contributed by atoms with van der Waals surface area (Å²) in [4.78, 5) is 14.7. The van der Waals surface area contributed by atoms with Gasteiger partial charge in [-0.25, -0.2) is 15.0 Å². The molecule has 5 nitrogen and oxygen atoms in total. The van der Waals surface area contributed by atoms with Crippen LogP contribution < -0.4 is 5.32 Å². The Bertz CT molecular complexity index is 2640. The first kappa shape index (κ1) is 33.6. The fourth-order valence-electron chi connectivity index (χ4n) is 7.33. The van der Waals surface area contributed by atoms with Gasteiger partial charge in [-0.15, -0.1) is 0 Å². The third-order valence-electron chi connectivity index (χ3n) is 10.1. The maximum atomic E-state index is 8.47. The Morgan fingerprint density at radius 2 is 1.00 bits per heavy atom. The molecule has 0 spiro atoms. The number of aromatic nitrogens is 3. The van der Waals surface area contributed by atoms with Gasteiger partial charge >= 0.3 is 0 Å². The standard InChI is InChI=1S/C50H37N5/c51-33-44(36-15-5-1-6-16-36)47-43-24-14-13-23-42(43)45(46(52-47)38-17-7-2-8-18-38)37-29-25-34(26-30-37)35-27-31-41(32-28-35)50-54-48(39-19-9-3-10-20-39)53-49(55-50)40-21-11-4-12-22-40/h1-3,5-11,13-33,51-52H,4,12H2/b47-44+,51-33?. The number of fused-ring (bicyclic) bond motifs is 1. The zero-order valence-corrected chi connectivity index (χ0v) is 30.2. The van der Waals surface area contributed by atoms with Crippen molar-refractivity contribution in [2.45, 2.75) is 12.8 Å². The summed E-state index contributed by atoms with van der Waals surface area (Å²) < 4.78 is 0. The lowest BCUT2D eigenvalue weighted by molar-refractivity contribution is 1.01. The highest BCUT2D eigenvalue weighted by Gasteiger charge is 2.26. The van der Waals surface area contributed by atoms with Gasteiger partial charge in [-0.2, -0.15) is 0 Å². The van der Waals surface area contributed by atoms with E-state index in [0.717, 1.165) is 91.0 Å². The molecule has 0 amide bonds. The van der Waals surface area contributed by atoms with Crippen LogP contribution in [0.4, 0.5) is 0 Å². The van der Waals surface area contributed by atoms with Gasteiger partial charge < -0.3 is 10.7 Å². The number of benzene rings is 6. The molecule has 0 bridgehead atoms. The van der Waals surface area contributed by atoms with E-state index in [9.17, 15) is 0 Å². The van der Waals surface area contributed by atoms with Gasteiger partial charge in [0.25, 0.3) is 0 Å². The van der Waals surface area contributed by atoms with Gasteiger partial charge in [-0.3, -0.25) is 0 Å². The molecule has 5 heteroatoms. The van der Waals surface area contributed by atoms with Crippen molar-refractivity contribution in [2.24, 2.45) is 0 Å². The van der Waals surface area contributed by atoms with Crippen molar-refractivity contribution in [1.82, 2.24) is 20.3 Å². The van der Waals surface area contributed by atoms with Gasteiger partial charge in [-0.1, -0.05) is 182 Å². The van der Waals surface area contributed by atoms with Crippen molar-refractivity contribution in [3.05, 3.63) is 216 Å². The van der Waals surface area contributed by atoms with Gasteiger partial charge in [0.1, 0.15) is 0 Å². The third kappa shape index (κ3) is 6.76. The average molecular weight is 708 g/mol. The Labute approximate surface area is 321 Å². The lowest BCUT2D eigenvalue weighted by Crippen LogP contribution is -2.21. The van der Waals surface area contributed by atoms with E-state index in [-0.39, 0.29) is 0 Å². The molecule has 0 saturated heterocycles. The predicted octanol–water partition coefficient (Wildman–Crippen LogP) is 11.6. The van der Waals surface area contributed by atoms with Crippen molar-refractivity contribution < 1.29 is 0 Å². The van der Waals surface area contributed by atoms with E-state index in [1.54, 1.807) is 0 Å². The average Bonchev–Trinajstić information content (AvgIpc) is 3.28. The predicted molar refractivity (Wildman–Crippen MR) is 226 cm³/mol. The molecule has 1 aliphatic heterocycles. The molecule has 0 saturated carbocycles. The largest absolute Gasteiger partial charge is 0.353 e. The number of hydrogen-bond acceptors (Lipinski definition) is 5. The fourth-order valence-corrected chi connectivity index (χ4v) is 7.33. The maximum Gasteiger partial charge on any atom is 0.164 e. The molecule has 0 unspecified atom stereocenters. The zero-order chi connectivity index (χ0) is 37.0. The SMILES string of the molecule is N=C/C(=C1\NC(c2ccccc2)=C(c2ccc(-c3ccc(-c4nc(C5=CCCC=C5)nc(-c5ccccc5)n4)cc3)cc2)c2ccccc21)c1ccccc1. The van der Waals surface area contributed by atoms with E-state index in [1.165, 1.54) is 6.21 Å². The lowest BCUT2D eigenvalue weighted by Gasteiger charge is -2.29. The van der Waals surface area contributed by atoms with Crippen LogP contribution in [0.1, 0.15) is 46.5 Å². The lowest BCUT2D eigenvalue weighted by atomic mass is 9.84. The maximum absolute atomic E-state index is 8.47. The minimum Gasteiger partial charge on any atom is -0.353 e. The number of nitrogens with one attached hydrogen (secondary N) is 2. The topological polar surface area (TPSA) is 74.6 Å². The van der Waals surface area contributed by atoms with Crippen LogP contribution in [0.15, 0.2) is 182 Å². The first-order valence-electron chi connectivity index (χ1n) is 18.6. The molecular formula is C50H37N5.